The smallest absolute Gasteiger partial charge is 0.326 e. The van der Waals surface area contributed by atoms with E-state index in [4.69, 9.17) is 0 Å². The Kier molecular flexibility index (Phi) is 4.73. The fourth-order valence-electron chi connectivity index (χ4n) is 3.13. The number of carboxylic acids is 1. The van der Waals surface area contributed by atoms with Crippen molar-refractivity contribution in [1.29, 1.82) is 0 Å². The molecule has 0 saturated heterocycles. The highest BCUT2D eigenvalue weighted by molar-refractivity contribution is 5.87. The van der Waals surface area contributed by atoms with Gasteiger partial charge in [-0.2, -0.15) is 0 Å². The summed E-state index contributed by atoms with van der Waals surface area (Å²) in [6.45, 7) is 6.98. The molecule has 0 aromatic heterocycles. The Morgan fingerprint density at radius 2 is 1.70 bits per heavy atom. The van der Waals surface area contributed by atoms with Gasteiger partial charge >= 0.3 is 5.97 Å². The van der Waals surface area contributed by atoms with Gasteiger partial charge in [0.2, 0.25) is 5.91 Å². The van der Waals surface area contributed by atoms with Crippen LogP contribution in [0.5, 0.6) is 0 Å². The summed E-state index contributed by atoms with van der Waals surface area (Å²) < 4.78 is 0. The summed E-state index contributed by atoms with van der Waals surface area (Å²) in [5, 5.41) is 11.8. The molecular formula is C19H23NO3. The van der Waals surface area contributed by atoms with Gasteiger partial charge in [-0.05, 0) is 37.1 Å². The van der Waals surface area contributed by atoms with E-state index in [1.54, 1.807) is 0 Å². The zero-order valence-electron chi connectivity index (χ0n) is 14.0. The van der Waals surface area contributed by atoms with Gasteiger partial charge in [-0.3, -0.25) is 4.79 Å². The number of nitrogens with zero attached hydrogens (tertiary/aromatic N) is 1. The Hall–Kier alpha value is -2.36. The van der Waals surface area contributed by atoms with Crippen LogP contribution >= 0.6 is 0 Å². The summed E-state index contributed by atoms with van der Waals surface area (Å²) in [6, 6.07) is 12.8. The molecule has 0 bridgehead atoms. The predicted octanol–water partition coefficient (Wildman–Crippen LogP) is 3.48. The first-order valence-electron chi connectivity index (χ1n) is 7.71. The lowest BCUT2D eigenvalue weighted by Gasteiger charge is -2.39. The molecule has 0 aliphatic carbocycles. The molecule has 1 unspecified atom stereocenters. The van der Waals surface area contributed by atoms with Crippen LogP contribution in [-0.2, 0) is 16.0 Å². The van der Waals surface area contributed by atoms with Gasteiger partial charge in [0.15, 0.2) is 0 Å². The molecule has 1 N–H and O–H groups in total. The summed E-state index contributed by atoms with van der Waals surface area (Å²) in [5.74, 6) is -1.21. The van der Waals surface area contributed by atoms with Gasteiger partial charge in [0, 0.05) is 18.9 Å². The third-order valence-electron chi connectivity index (χ3n) is 3.95. The molecule has 1 amide bonds. The summed E-state index contributed by atoms with van der Waals surface area (Å²) >= 11 is 0. The minimum absolute atomic E-state index is 0.231. The molecule has 23 heavy (non-hydrogen) atoms. The first-order valence-corrected chi connectivity index (χ1v) is 7.71. The highest BCUT2D eigenvalue weighted by Crippen LogP contribution is 2.24. The van der Waals surface area contributed by atoms with Crippen molar-refractivity contribution >= 4 is 22.6 Å². The Morgan fingerprint density at radius 3 is 2.26 bits per heavy atom. The van der Waals surface area contributed by atoms with Crippen LogP contribution in [0.2, 0.25) is 0 Å². The molecular weight excluding hydrogens is 290 g/mol. The highest BCUT2D eigenvalue weighted by atomic mass is 16.4. The second-order valence-corrected chi connectivity index (χ2v) is 6.76. The predicted molar refractivity (Wildman–Crippen MR) is 91.3 cm³/mol. The van der Waals surface area contributed by atoms with Crippen molar-refractivity contribution in [2.24, 2.45) is 0 Å². The van der Waals surface area contributed by atoms with E-state index in [9.17, 15) is 14.7 Å². The Balaban J connectivity index is 2.47. The van der Waals surface area contributed by atoms with Crippen molar-refractivity contribution in [2.45, 2.75) is 45.7 Å². The van der Waals surface area contributed by atoms with E-state index >= 15 is 0 Å². The molecule has 4 nitrogen and oxygen atoms in total. The number of rotatable bonds is 4. The molecule has 0 fully saturated rings. The maximum atomic E-state index is 12.1. The second kappa shape index (κ2) is 6.41. The van der Waals surface area contributed by atoms with E-state index in [0.717, 1.165) is 16.3 Å². The summed E-state index contributed by atoms with van der Waals surface area (Å²) in [5.41, 5.74) is 0.380. The topological polar surface area (TPSA) is 57.6 Å². The van der Waals surface area contributed by atoms with Crippen LogP contribution in [0.4, 0.5) is 0 Å². The maximum absolute atomic E-state index is 12.1. The number of benzene rings is 2. The molecule has 0 saturated carbocycles. The Bertz CT molecular complexity index is 725. The van der Waals surface area contributed by atoms with Crippen LogP contribution < -0.4 is 0 Å². The first kappa shape index (κ1) is 17.0. The molecule has 0 aliphatic rings. The standard InChI is InChI=1S/C19H23NO3/c1-13(21)20(19(2,3)4)17(18(22)23)12-15-10-7-9-14-8-5-6-11-16(14)15/h5-11,17H,12H2,1-4H3,(H,22,23). The third kappa shape index (κ3) is 3.70. The fraction of sp³-hybridized carbons (Fsp3) is 0.368. The molecule has 1 atom stereocenters. The fourth-order valence-corrected chi connectivity index (χ4v) is 3.13. The first-order chi connectivity index (χ1) is 10.7. The van der Waals surface area contributed by atoms with Crippen molar-refractivity contribution in [1.82, 2.24) is 4.90 Å². The number of hydrogen-bond donors (Lipinski definition) is 1. The second-order valence-electron chi connectivity index (χ2n) is 6.76. The molecule has 0 aliphatic heterocycles. The molecule has 122 valence electrons. The zero-order valence-corrected chi connectivity index (χ0v) is 14.0. The van der Waals surface area contributed by atoms with E-state index in [0.29, 0.717) is 0 Å². The van der Waals surface area contributed by atoms with Gasteiger partial charge in [0.1, 0.15) is 6.04 Å². The highest BCUT2D eigenvalue weighted by Gasteiger charge is 2.35. The van der Waals surface area contributed by atoms with E-state index in [-0.39, 0.29) is 12.3 Å². The van der Waals surface area contributed by atoms with E-state index in [2.05, 4.69) is 0 Å². The van der Waals surface area contributed by atoms with Crippen molar-refractivity contribution < 1.29 is 14.7 Å². The lowest BCUT2D eigenvalue weighted by molar-refractivity contribution is -0.153. The number of fused-ring (bicyclic) bond motifs is 1. The average molecular weight is 313 g/mol. The van der Waals surface area contributed by atoms with Gasteiger partial charge in [0.25, 0.3) is 0 Å². The van der Waals surface area contributed by atoms with E-state index in [1.807, 2.05) is 63.2 Å². The summed E-state index contributed by atoms with van der Waals surface area (Å²) in [7, 11) is 0. The molecule has 2 aromatic carbocycles. The number of carbonyl (C=O) groups is 2. The minimum atomic E-state index is -0.983. The number of amides is 1. The summed E-state index contributed by atoms with van der Waals surface area (Å²) in [6.07, 6.45) is 0.285. The van der Waals surface area contributed by atoms with Gasteiger partial charge < -0.3 is 10.0 Å². The SMILES string of the molecule is CC(=O)N(C(Cc1cccc2ccccc12)C(=O)O)C(C)(C)C. The van der Waals surface area contributed by atoms with E-state index < -0.39 is 17.6 Å². The van der Waals surface area contributed by atoms with Crippen LogP contribution in [0, 0.1) is 0 Å². The third-order valence-corrected chi connectivity index (χ3v) is 3.95. The molecule has 0 spiro atoms. The van der Waals surface area contributed by atoms with Crippen LogP contribution in [0.1, 0.15) is 33.3 Å². The maximum Gasteiger partial charge on any atom is 0.326 e. The van der Waals surface area contributed by atoms with Crippen LogP contribution in [0.25, 0.3) is 10.8 Å². The molecule has 0 radical (unpaired) electrons. The van der Waals surface area contributed by atoms with E-state index in [1.165, 1.54) is 11.8 Å². The lowest BCUT2D eigenvalue weighted by Crippen LogP contribution is -2.54. The number of carboxylic acid groups (broad SMARTS) is 1. The van der Waals surface area contributed by atoms with Gasteiger partial charge in [-0.1, -0.05) is 42.5 Å². The quantitative estimate of drug-likeness (QED) is 0.940. The van der Waals surface area contributed by atoms with Crippen LogP contribution in [0.15, 0.2) is 42.5 Å². The van der Waals surface area contributed by atoms with Crippen molar-refractivity contribution in [3.8, 4) is 0 Å². The minimum Gasteiger partial charge on any atom is -0.480 e. The van der Waals surface area contributed by atoms with Crippen molar-refractivity contribution in [3.05, 3.63) is 48.0 Å². The largest absolute Gasteiger partial charge is 0.480 e. The van der Waals surface area contributed by atoms with Gasteiger partial charge in [0.05, 0.1) is 0 Å². The molecule has 2 aromatic rings. The summed E-state index contributed by atoms with van der Waals surface area (Å²) in [4.78, 5) is 25.3. The molecule has 2 rings (SSSR count). The Morgan fingerprint density at radius 1 is 1.09 bits per heavy atom. The molecule has 0 heterocycles. The van der Waals surface area contributed by atoms with Crippen molar-refractivity contribution in [2.75, 3.05) is 0 Å². The van der Waals surface area contributed by atoms with Crippen LogP contribution in [0.3, 0.4) is 0 Å². The zero-order chi connectivity index (χ0) is 17.2. The normalized spacial score (nSPS) is 12.9. The number of carbonyl (C=O) groups excluding carboxylic acids is 1. The van der Waals surface area contributed by atoms with Crippen molar-refractivity contribution in [3.63, 3.8) is 0 Å². The lowest BCUT2D eigenvalue weighted by atomic mass is 9.95. The molecule has 4 heteroatoms. The number of hydrogen-bond acceptors (Lipinski definition) is 2. The Labute approximate surface area is 136 Å². The average Bonchev–Trinajstić information content (AvgIpc) is 2.45. The van der Waals surface area contributed by atoms with Crippen LogP contribution in [-0.4, -0.2) is 33.5 Å². The van der Waals surface area contributed by atoms with Gasteiger partial charge in [-0.15, -0.1) is 0 Å². The monoisotopic (exact) mass is 313 g/mol. The number of aliphatic carboxylic acids is 1. The van der Waals surface area contributed by atoms with Gasteiger partial charge in [-0.25, -0.2) is 4.79 Å².